The summed E-state index contributed by atoms with van der Waals surface area (Å²) in [4.78, 5) is 21.7. The molecule has 0 saturated carbocycles. The fourth-order valence-electron chi connectivity index (χ4n) is 2.04. The van der Waals surface area contributed by atoms with E-state index in [1.807, 2.05) is 11.8 Å². The lowest BCUT2D eigenvalue weighted by Gasteiger charge is -2.26. The van der Waals surface area contributed by atoms with Crippen LogP contribution in [0.3, 0.4) is 0 Å². The highest BCUT2D eigenvalue weighted by molar-refractivity contribution is 5.79. The smallest absolute Gasteiger partial charge is 0.236 e. The van der Waals surface area contributed by atoms with Crippen molar-refractivity contribution in [1.29, 1.82) is 0 Å². The Morgan fingerprint density at radius 2 is 2.15 bits per heavy atom. The number of rotatable bonds is 8. The highest BCUT2D eigenvalue weighted by Gasteiger charge is 2.17. The second kappa shape index (κ2) is 7.67. The normalized spacial score (nSPS) is 10.7. The van der Waals surface area contributed by atoms with Crippen molar-refractivity contribution in [3.63, 3.8) is 0 Å². The van der Waals surface area contributed by atoms with E-state index < -0.39 is 0 Å². The van der Waals surface area contributed by atoms with Crippen LogP contribution in [0.5, 0.6) is 0 Å². The summed E-state index contributed by atoms with van der Waals surface area (Å²) in [5.74, 6) is 1.64. The van der Waals surface area contributed by atoms with Gasteiger partial charge in [0.15, 0.2) is 0 Å². The van der Waals surface area contributed by atoms with Gasteiger partial charge in [0, 0.05) is 18.7 Å². The minimum absolute atomic E-state index is 0.170. The molecule has 6 heteroatoms. The Hall–Kier alpha value is -1.85. The summed E-state index contributed by atoms with van der Waals surface area (Å²) in [7, 11) is 0. The van der Waals surface area contributed by atoms with E-state index >= 15 is 0 Å². The molecule has 0 aromatic carbocycles. The predicted molar refractivity (Wildman–Crippen MR) is 81.8 cm³/mol. The van der Waals surface area contributed by atoms with Crippen LogP contribution in [0.2, 0.25) is 0 Å². The number of nitrogens with one attached hydrogen (secondary N) is 1. The van der Waals surface area contributed by atoms with Crippen molar-refractivity contribution in [1.82, 2.24) is 9.97 Å². The number of carbonyl (C=O) groups excluding carboxylic acids is 1. The first kappa shape index (κ1) is 16.2. The molecule has 6 nitrogen and oxygen atoms in total. The Morgan fingerprint density at radius 3 is 2.70 bits per heavy atom. The van der Waals surface area contributed by atoms with Gasteiger partial charge < -0.3 is 16.0 Å². The van der Waals surface area contributed by atoms with Crippen molar-refractivity contribution in [2.24, 2.45) is 11.7 Å². The first-order valence-corrected chi connectivity index (χ1v) is 7.04. The minimum atomic E-state index is -0.355. The third kappa shape index (κ3) is 4.68. The van der Waals surface area contributed by atoms with E-state index in [0.717, 1.165) is 36.7 Å². The molecule has 1 aromatic rings. The molecule has 0 saturated heterocycles. The van der Waals surface area contributed by atoms with Gasteiger partial charge in [-0.15, -0.1) is 0 Å². The molecule has 1 aromatic heterocycles. The maximum atomic E-state index is 11.3. The van der Waals surface area contributed by atoms with Crippen LogP contribution in [-0.2, 0) is 4.79 Å². The maximum absolute atomic E-state index is 11.3. The maximum Gasteiger partial charge on any atom is 0.236 e. The molecule has 1 rings (SSSR count). The van der Waals surface area contributed by atoms with Gasteiger partial charge in [-0.1, -0.05) is 20.8 Å². The molecule has 0 aliphatic rings. The Kier molecular flexibility index (Phi) is 6.21. The van der Waals surface area contributed by atoms with Crippen LogP contribution < -0.4 is 16.0 Å². The van der Waals surface area contributed by atoms with Crippen LogP contribution in [0, 0.1) is 12.8 Å². The zero-order chi connectivity index (χ0) is 15.1. The third-order valence-corrected chi connectivity index (χ3v) is 2.83. The van der Waals surface area contributed by atoms with Crippen LogP contribution in [-0.4, -0.2) is 35.5 Å². The highest BCUT2D eigenvalue weighted by Crippen LogP contribution is 2.22. The van der Waals surface area contributed by atoms with Crippen molar-refractivity contribution >= 4 is 17.5 Å². The molecule has 0 aliphatic carbocycles. The van der Waals surface area contributed by atoms with Gasteiger partial charge in [0.1, 0.15) is 18.0 Å². The monoisotopic (exact) mass is 279 g/mol. The molecule has 112 valence electrons. The molecular formula is C14H25N5O. The van der Waals surface area contributed by atoms with Crippen LogP contribution >= 0.6 is 0 Å². The van der Waals surface area contributed by atoms with Crippen molar-refractivity contribution in [2.45, 2.75) is 34.1 Å². The second-order valence-electron chi connectivity index (χ2n) is 5.34. The van der Waals surface area contributed by atoms with Gasteiger partial charge in [0.25, 0.3) is 0 Å². The lowest BCUT2D eigenvalue weighted by molar-refractivity contribution is -0.116. The molecule has 0 fully saturated rings. The van der Waals surface area contributed by atoms with Crippen LogP contribution in [0.4, 0.5) is 11.6 Å². The Labute approximate surface area is 120 Å². The van der Waals surface area contributed by atoms with Gasteiger partial charge >= 0.3 is 0 Å². The van der Waals surface area contributed by atoms with Crippen LogP contribution in [0.25, 0.3) is 0 Å². The number of hydrogen-bond acceptors (Lipinski definition) is 5. The molecule has 0 spiro atoms. The number of nitrogens with two attached hydrogens (primary N) is 1. The average Bonchev–Trinajstić information content (AvgIpc) is 2.35. The minimum Gasteiger partial charge on any atom is -0.370 e. The topological polar surface area (TPSA) is 84.1 Å². The fraction of sp³-hybridized carbons (Fsp3) is 0.643. The molecule has 3 N–H and O–H groups in total. The van der Waals surface area contributed by atoms with Crippen LogP contribution in [0.1, 0.15) is 32.8 Å². The summed E-state index contributed by atoms with van der Waals surface area (Å²) in [5.41, 5.74) is 6.28. The van der Waals surface area contributed by atoms with Gasteiger partial charge in [-0.3, -0.25) is 4.79 Å². The number of primary amides is 1. The van der Waals surface area contributed by atoms with Crippen molar-refractivity contribution in [3.05, 3.63) is 11.9 Å². The van der Waals surface area contributed by atoms with E-state index in [1.54, 1.807) is 0 Å². The Morgan fingerprint density at radius 1 is 1.45 bits per heavy atom. The van der Waals surface area contributed by atoms with E-state index in [0.29, 0.717) is 5.92 Å². The van der Waals surface area contributed by atoms with Crippen molar-refractivity contribution in [3.8, 4) is 0 Å². The van der Waals surface area contributed by atoms with E-state index in [4.69, 9.17) is 5.73 Å². The number of hydrogen-bond donors (Lipinski definition) is 2. The van der Waals surface area contributed by atoms with E-state index in [-0.39, 0.29) is 12.5 Å². The largest absolute Gasteiger partial charge is 0.370 e. The number of amides is 1. The molecule has 0 unspecified atom stereocenters. The summed E-state index contributed by atoms with van der Waals surface area (Å²) < 4.78 is 0. The van der Waals surface area contributed by atoms with Gasteiger partial charge in [-0.2, -0.15) is 0 Å². The van der Waals surface area contributed by atoms with Gasteiger partial charge in [-0.05, 0) is 19.3 Å². The van der Waals surface area contributed by atoms with E-state index in [1.165, 1.54) is 6.33 Å². The Balaban J connectivity index is 3.02. The number of aromatic nitrogens is 2. The molecule has 0 atom stereocenters. The van der Waals surface area contributed by atoms with Gasteiger partial charge in [-0.25, -0.2) is 9.97 Å². The molecule has 0 aliphatic heterocycles. The number of anilines is 2. The summed E-state index contributed by atoms with van der Waals surface area (Å²) in [6, 6.07) is 0. The van der Waals surface area contributed by atoms with E-state index in [9.17, 15) is 4.79 Å². The lowest BCUT2D eigenvalue weighted by Crippen LogP contribution is -2.37. The summed E-state index contributed by atoms with van der Waals surface area (Å²) >= 11 is 0. The number of nitrogens with zero attached hydrogens (tertiary/aromatic N) is 3. The summed E-state index contributed by atoms with van der Waals surface area (Å²) in [6.07, 6.45) is 2.55. The molecule has 0 bridgehead atoms. The van der Waals surface area contributed by atoms with E-state index in [2.05, 4.69) is 36.1 Å². The summed E-state index contributed by atoms with van der Waals surface area (Å²) in [6.45, 7) is 10.0. The molecule has 20 heavy (non-hydrogen) atoms. The number of carbonyl (C=O) groups is 1. The molecule has 1 amide bonds. The standard InChI is InChI=1S/C14H25N5O/c1-5-6-16-13-11(4)14(18-9-17-13)19(7-10(2)3)8-12(15)20/h9-10H,5-8H2,1-4H3,(H2,15,20)(H,16,17,18). The fourth-order valence-corrected chi connectivity index (χ4v) is 2.04. The Bertz CT molecular complexity index is 447. The van der Waals surface area contributed by atoms with Gasteiger partial charge in [0.05, 0.1) is 6.54 Å². The third-order valence-electron chi connectivity index (χ3n) is 2.83. The SMILES string of the molecule is CCCNc1ncnc(N(CC(N)=O)CC(C)C)c1C. The van der Waals surface area contributed by atoms with Gasteiger partial charge in [0.2, 0.25) is 5.91 Å². The van der Waals surface area contributed by atoms with Crippen LogP contribution in [0.15, 0.2) is 6.33 Å². The molecule has 0 radical (unpaired) electrons. The predicted octanol–water partition coefficient (Wildman–Crippen LogP) is 1.55. The zero-order valence-electron chi connectivity index (χ0n) is 12.8. The first-order chi connectivity index (χ1) is 9.45. The lowest BCUT2D eigenvalue weighted by atomic mass is 10.2. The van der Waals surface area contributed by atoms with Crippen molar-refractivity contribution in [2.75, 3.05) is 29.9 Å². The quantitative estimate of drug-likeness (QED) is 0.754. The highest BCUT2D eigenvalue weighted by atomic mass is 16.1. The van der Waals surface area contributed by atoms with Crippen molar-refractivity contribution < 1.29 is 4.79 Å². The summed E-state index contributed by atoms with van der Waals surface area (Å²) in [5, 5.41) is 3.27. The molecular weight excluding hydrogens is 254 g/mol. The molecule has 1 heterocycles. The first-order valence-electron chi connectivity index (χ1n) is 7.04. The zero-order valence-corrected chi connectivity index (χ0v) is 12.8. The second-order valence-corrected chi connectivity index (χ2v) is 5.34. The average molecular weight is 279 g/mol.